The predicted octanol–water partition coefficient (Wildman–Crippen LogP) is 3.93. The van der Waals surface area contributed by atoms with Crippen molar-refractivity contribution in [3.63, 3.8) is 0 Å². The van der Waals surface area contributed by atoms with Crippen molar-refractivity contribution in [2.24, 2.45) is 0 Å². The molecule has 0 saturated heterocycles. The van der Waals surface area contributed by atoms with Gasteiger partial charge in [0.25, 0.3) is 0 Å². The summed E-state index contributed by atoms with van der Waals surface area (Å²) in [5.41, 5.74) is 2.38. The summed E-state index contributed by atoms with van der Waals surface area (Å²) in [5.74, 6) is 2.48. The molecule has 0 radical (unpaired) electrons. The van der Waals surface area contributed by atoms with Crippen molar-refractivity contribution >= 4 is 27.6 Å². The van der Waals surface area contributed by atoms with Gasteiger partial charge < -0.3 is 19.8 Å². The first-order valence-electron chi connectivity index (χ1n) is 9.54. The standard InChI is InChI=1S/C21H18N8O2/c1-11-23-7-13(8-24-11)30-20-17-15-5-4-6-16(22-3)18(15)27-19(17)28-21(29-20)31-14-9-25-12(2)26-10-14/h4-10,22H,1-3H3,(H,27,28,29). The topological polar surface area (TPSA) is 124 Å². The summed E-state index contributed by atoms with van der Waals surface area (Å²) >= 11 is 0. The molecule has 4 aromatic heterocycles. The van der Waals surface area contributed by atoms with Crippen molar-refractivity contribution < 1.29 is 9.47 Å². The number of rotatable bonds is 5. The summed E-state index contributed by atoms with van der Waals surface area (Å²) in [7, 11) is 1.86. The highest BCUT2D eigenvalue weighted by molar-refractivity contribution is 6.12. The molecule has 10 heteroatoms. The summed E-state index contributed by atoms with van der Waals surface area (Å²) < 4.78 is 11.9. The Morgan fingerprint density at radius 2 is 1.48 bits per heavy atom. The molecule has 31 heavy (non-hydrogen) atoms. The van der Waals surface area contributed by atoms with Gasteiger partial charge in [-0.15, -0.1) is 0 Å². The van der Waals surface area contributed by atoms with Crippen molar-refractivity contribution in [3.05, 3.63) is 54.6 Å². The molecule has 0 atom stereocenters. The van der Waals surface area contributed by atoms with Crippen LogP contribution in [0.5, 0.6) is 23.4 Å². The minimum atomic E-state index is 0.0977. The van der Waals surface area contributed by atoms with Gasteiger partial charge in [-0.05, 0) is 19.9 Å². The van der Waals surface area contributed by atoms with Gasteiger partial charge in [0.1, 0.15) is 17.3 Å². The van der Waals surface area contributed by atoms with E-state index < -0.39 is 0 Å². The van der Waals surface area contributed by atoms with Crippen molar-refractivity contribution in [1.29, 1.82) is 0 Å². The maximum atomic E-state index is 6.06. The van der Waals surface area contributed by atoms with E-state index in [9.17, 15) is 0 Å². The zero-order valence-electron chi connectivity index (χ0n) is 17.0. The van der Waals surface area contributed by atoms with E-state index in [4.69, 9.17) is 9.47 Å². The summed E-state index contributed by atoms with van der Waals surface area (Å²) in [4.78, 5) is 29.0. The van der Waals surface area contributed by atoms with Crippen molar-refractivity contribution in [2.45, 2.75) is 13.8 Å². The van der Waals surface area contributed by atoms with Gasteiger partial charge in [-0.2, -0.15) is 9.97 Å². The van der Waals surface area contributed by atoms with Crippen LogP contribution in [0, 0.1) is 13.8 Å². The molecule has 0 fully saturated rings. The molecule has 0 aliphatic carbocycles. The highest BCUT2D eigenvalue weighted by Gasteiger charge is 2.18. The normalized spacial score (nSPS) is 11.1. The number of ether oxygens (including phenoxy) is 2. The van der Waals surface area contributed by atoms with Crippen LogP contribution in [0.1, 0.15) is 11.6 Å². The van der Waals surface area contributed by atoms with Crippen LogP contribution in [0.15, 0.2) is 43.0 Å². The van der Waals surface area contributed by atoms with Gasteiger partial charge in [-0.1, -0.05) is 12.1 Å². The third-order valence-electron chi connectivity index (χ3n) is 4.64. The monoisotopic (exact) mass is 414 g/mol. The Kier molecular flexibility index (Phi) is 4.51. The van der Waals surface area contributed by atoms with Crippen LogP contribution in [0.25, 0.3) is 21.9 Å². The first-order chi connectivity index (χ1) is 15.1. The number of hydrogen-bond donors (Lipinski definition) is 2. The van der Waals surface area contributed by atoms with Crippen LogP contribution in [-0.2, 0) is 0 Å². The number of anilines is 1. The zero-order chi connectivity index (χ0) is 21.4. The number of fused-ring (bicyclic) bond motifs is 3. The van der Waals surface area contributed by atoms with Crippen molar-refractivity contribution in [1.82, 2.24) is 34.9 Å². The lowest BCUT2D eigenvalue weighted by molar-refractivity contribution is 0.413. The second-order valence-electron chi connectivity index (χ2n) is 6.77. The number of benzene rings is 1. The van der Waals surface area contributed by atoms with Crippen LogP contribution in [0.4, 0.5) is 5.69 Å². The predicted molar refractivity (Wildman–Crippen MR) is 115 cm³/mol. The third kappa shape index (κ3) is 3.54. The SMILES string of the molecule is CNc1cccc2c1[nH]c1nc(Oc3cnc(C)nc3)nc(Oc3cnc(C)nc3)c12. The molecule has 5 aromatic rings. The van der Waals surface area contributed by atoms with Crippen LogP contribution < -0.4 is 14.8 Å². The molecule has 0 unspecified atom stereocenters. The minimum Gasteiger partial charge on any atom is -0.435 e. The van der Waals surface area contributed by atoms with Gasteiger partial charge >= 0.3 is 6.01 Å². The molecule has 10 nitrogen and oxygen atoms in total. The number of nitrogens with one attached hydrogen (secondary N) is 2. The first kappa shape index (κ1) is 18.7. The van der Waals surface area contributed by atoms with E-state index in [2.05, 4.69) is 40.2 Å². The van der Waals surface area contributed by atoms with Gasteiger partial charge in [0.2, 0.25) is 5.88 Å². The quantitative estimate of drug-likeness (QED) is 0.440. The van der Waals surface area contributed by atoms with Gasteiger partial charge in [-0.25, -0.2) is 19.9 Å². The molecule has 0 bridgehead atoms. The molecule has 5 rings (SSSR count). The molecule has 4 heterocycles. The lowest BCUT2D eigenvalue weighted by Crippen LogP contribution is -1.98. The fourth-order valence-electron chi connectivity index (χ4n) is 3.18. The molecule has 0 aliphatic heterocycles. The Bertz CT molecular complexity index is 1380. The third-order valence-corrected chi connectivity index (χ3v) is 4.64. The molecular formula is C21H18N8O2. The summed E-state index contributed by atoms with van der Waals surface area (Å²) in [6.45, 7) is 3.60. The molecule has 0 saturated carbocycles. The van der Waals surface area contributed by atoms with Crippen molar-refractivity contribution in [3.8, 4) is 23.4 Å². The first-order valence-corrected chi connectivity index (χ1v) is 9.54. The van der Waals surface area contributed by atoms with Crippen LogP contribution in [0.2, 0.25) is 0 Å². The fraction of sp³-hybridized carbons (Fsp3) is 0.143. The lowest BCUT2D eigenvalue weighted by Gasteiger charge is -2.08. The van der Waals surface area contributed by atoms with Gasteiger partial charge in [0, 0.05) is 12.4 Å². The van der Waals surface area contributed by atoms with Crippen LogP contribution >= 0.6 is 0 Å². The second-order valence-corrected chi connectivity index (χ2v) is 6.77. The Labute approximate surface area is 176 Å². The maximum Gasteiger partial charge on any atom is 0.327 e. The molecule has 2 N–H and O–H groups in total. The average Bonchev–Trinajstić information content (AvgIpc) is 3.16. The number of para-hydroxylation sites is 1. The molecule has 154 valence electrons. The Morgan fingerprint density at radius 3 is 2.13 bits per heavy atom. The van der Waals surface area contributed by atoms with Crippen LogP contribution in [-0.4, -0.2) is 41.9 Å². The molecule has 0 aliphatic rings. The number of aryl methyl sites for hydroxylation is 2. The van der Waals surface area contributed by atoms with E-state index in [1.807, 2.05) is 25.2 Å². The number of aromatic amines is 1. The highest BCUT2D eigenvalue weighted by Crippen LogP contribution is 2.37. The van der Waals surface area contributed by atoms with E-state index in [1.54, 1.807) is 38.6 Å². The zero-order valence-corrected chi connectivity index (χ0v) is 17.0. The number of aromatic nitrogens is 7. The van der Waals surface area contributed by atoms with E-state index >= 15 is 0 Å². The molecule has 1 aromatic carbocycles. The second kappa shape index (κ2) is 7.48. The molecular weight excluding hydrogens is 396 g/mol. The Hall–Kier alpha value is -4.34. The average molecular weight is 414 g/mol. The van der Waals surface area contributed by atoms with E-state index in [1.165, 1.54) is 0 Å². The largest absolute Gasteiger partial charge is 0.435 e. The van der Waals surface area contributed by atoms with Crippen LogP contribution in [0.3, 0.4) is 0 Å². The van der Waals surface area contributed by atoms with E-state index in [0.717, 1.165) is 22.0 Å². The summed E-state index contributed by atoms with van der Waals surface area (Å²) in [6.07, 6.45) is 6.32. The van der Waals surface area contributed by atoms with E-state index in [0.29, 0.717) is 34.7 Å². The summed E-state index contributed by atoms with van der Waals surface area (Å²) in [5, 5.41) is 4.81. The molecule has 0 spiro atoms. The fourth-order valence-corrected chi connectivity index (χ4v) is 3.18. The summed E-state index contributed by atoms with van der Waals surface area (Å²) in [6, 6.07) is 6.00. The molecule has 0 amide bonds. The minimum absolute atomic E-state index is 0.0977. The Morgan fingerprint density at radius 1 is 0.839 bits per heavy atom. The van der Waals surface area contributed by atoms with Gasteiger partial charge in [0.15, 0.2) is 11.5 Å². The maximum absolute atomic E-state index is 6.06. The number of H-pyrrole nitrogens is 1. The highest BCUT2D eigenvalue weighted by atomic mass is 16.5. The van der Waals surface area contributed by atoms with E-state index in [-0.39, 0.29) is 6.01 Å². The number of hydrogen-bond acceptors (Lipinski definition) is 9. The number of nitrogens with zero attached hydrogens (tertiary/aromatic N) is 6. The smallest absolute Gasteiger partial charge is 0.327 e. The van der Waals surface area contributed by atoms with Crippen molar-refractivity contribution in [2.75, 3.05) is 12.4 Å². The van der Waals surface area contributed by atoms with Gasteiger partial charge in [0.05, 0.1) is 41.4 Å². The Balaban J connectivity index is 1.67. The van der Waals surface area contributed by atoms with Gasteiger partial charge in [-0.3, -0.25) is 0 Å². The lowest BCUT2D eigenvalue weighted by atomic mass is 10.2.